The fourth-order valence-electron chi connectivity index (χ4n) is 3.24. The van der Waals surface area contributed by atoms with Gasteiger partial charge in [0.2, 0.25) is 5.78 Å². The predicted octanol–water partition coefficient (Wildman–Crippen LogP) is 2.79. The number of benzene rings is 2. The number of aromatic amines is 1. The Kier molecular flexibility index (Phi) is 4.46. The third kappa shape index (κ3) is 3.40. The summed E-state index contributed by atoms with van der Waals surface area (Å²) >= 11 is 0. The molecule has 0 fully saturated rings. The lowest BCUT2D eigenvalue weighted by Crippen LogP contribution is -2.48. The SMILES string of the molecule is Cc1[nH]cnc1CC1(C(=O)c2cccc3cc(F)ccc23)OC(=O)C=CC(=O)O1. The number of hydrogen-bond donors (Lipinski definition) is 1. The fourth-order valence-corrected chi connectivity index (χ4v) is 3.24. The van der Waals surface area contributed by atoms with Crippen LogP contribution < -0.4 is 0 Å². The number of aromatic nitrogens is 2. The molecule has 1 aromatic heterocycles. The van der Waals surface area contributed by atoms with Crippen LogP contribution in [0.4, 0.5) is 4.39 Å². The zero-order chi connectivity index (χ0) is 20.6. The van der Waals surface area contributed by atoms with Crippen LogP contribution in [-0.4, -0.2) is 33.5 Å². The number of ether oxygens (including phenoxy) is 2. The number of esters is 2. The van der Waals surface area contributed by atoms with Gasteiger partial charge in [0.05, 0.1) is 18.4 Å². The molecule has 2 heterocycles. The first kappa shape index (κ1) is 18.5. The van der Waals surface area contributed by atoms with E-state index in [1.807, 2.05) is 0 Å². The van der Waals surface area contributed by atoms with Gasteiger partial charge in [-0.3, -0.25) is 4.79 Å². The molecular formula is C21H15FN2O5. The van der Waals surface area contributed by atoms with Crippen molar-refractivity contribution in [2.75, 3.05) is 0 Å². The first-order valence-electron chi connectivity index (χ1n) is 8.74. The topological polar surface area (TPSA) is 98.4 Å². The smallest absolute Gasteiger partial charge is 0.334 e. The van der Waals surface area contributed by atoms with Crippen LogP contribution in [0.15, 0.2) is 54.9 Å². The summed E-state index contributed by atoms with van der Waals surface area (Å²) in [5.41, 5.74) is 1.15. The van der Waals surface area contributed by atoms with Gasteiger partial charge in [0, 0.05) is 23.4 Å². The Bertz CT molecular complexity index is 1160. The first-order valence-corrected chi connectivity index (χ1v) is 8.74. The van der Waals surface area contributed by atoms with Crippen LogP contribution in [0.25, 0.3) is 10.8 Å². The van der Waals surface area contributed by atoms with E-state index in [4.69, 9.17) is 9.47 Å². The number of rotatable bonds is 4. The quantitative estimate of drug-likeness (QED) is 0.540. The molecule has 1 aliphatic heterocycles. The lowest BCUT2D eigenvalue weighted by Gasteiger charge is -2.29. The molecule has 3 aromatic rings. The Morgan fingerprint density at radius 2 is 1.86 bits per heavy atom. The van der Waals surface area contributed by atoms with Gasteiger partial charge in [0.25, 0.3) is 0 Å². The molecule has 0 amide bonds. The molecule has 1 N–H and O–H groups in total. The van der Waals surface area contributed by atoms with Crippen LogP contribution >= 0.6 is 0 Å². The molecule has 29 heavy (non-hydrogen) atoms. The minimum atomic E-state index is -2.25. The zero-order valence-electron chi connectivity index (χ0n) is 15.3. The van der Waals surface area contributed by atoms with Crippen molar-refractivity contribution in [1.29, 1.82) is 0 Å². The lowest BCUT2D eigenvalue weighted by molar-refractivity contribution is -0.201. The maximum absolute atomic E-state index is 13.6. The number of ketones is 1. The van der Waals surface area contributed by atoms with Crippen LogP contribution in [0.2, 0.25) is 0 Å². The van der Waals surface area contributed by atoms with E-state index < -0.39 is 29.3 Å². The summed E-state index contributed by atoms with van der Waals surface area (Å²) in [6.07, 6.45) is 2.93. The highest BCUT2D eigenvalue weighted by Crippen LogP contribution is 2.31. The number of carbonyl (C=O) groups is 3. The number of fused-ring (bicyclic) bond motifs is 1. The number of nitrogens with zero attached hydrogens (tertiary/aromatic N) is 1. The molecule has 4 rings (SSSR count). The third-order valence-electron chi connectivity index (χ3n) is 4.65. The third-order valence-corrected chi connectivity index (χ3v) is 4.65. The molecule has 0 atom stereocenters. The number of halogens is 1. The minimum absolute atomic E-state index is 0.123. The number of cyclic esters (lactones) is 2. The number of H-pyrrole nitrogens is 1. The predicted molar refractivity (Wildman–Crippen MR) is 99.3 cm³/mol. The van der Waals surface area contributed by atoms with Crippen molar-refractivity contribution >= 4 is 28.5 Å². The molecule has 0 saturated heterocycles. The van der Waals surface area contributed by atoms with E-state index in [2.05, 4.69) is 9.97 Å². The Morgan fingerprint density at radius 1 is 1.14 bits per heavy atom. The summed E-state index contributed by atoms with van der Waals surface area (Å²) in [5, 5.41) is 0.910. The van der Waals surface area contributed by atoms with Crippen molar-refractivity contribution in [1.82, 2.24) is 9.97 Å². The maximum atomic E-state index is 13.6. The van der Waals surface area contributed by atoms with Gasteiger partial charge in [-0.15, -0.1) is 0 Å². The van der Waals surface area contributed by atoms with Gasteiger partial charge in [0.1, 0.15) is 5.82 Å². The number of hydrogen-bond acceptors (Lipinski definition) is 6. The highest BCUT2D eigenvalue weighted by molar-refractivity contribution is 6.13. The van der Waals surface area contributed by atoms with E-state index in [1.165, 1.54) is 30.6 Å². The number of imidazole rings is 1. The van der Waals surface area contributed by atoms with E-state index in [0.717, 1.165) is 12.2 Å². The fraction of sp³-hybridized carbons (Fsp3) is 0.143. The van der Waals surface area contributed by atoms with Crippen molar-refractivity contribution in [3.8, 4) is 0 Å². The van der Waals surface area contributed by atoms with Gasteiger partial charge in [0.15, 0.2) is 0 Å². The Hall–Kier alpha value is -3.81. The first-order chi connectivity index (χ1) is 13.9. The normalized spacial score (nSPS) is 15.7. The number of Topliss-reactive ketones (excluding diaryl/α,β-unsaturated/α-hetero) is 1. The summed E-state index contributed by atoms with van der Waals surface area (Å²) in [6.45, 7) is 1.72. The maximum Gasteiger partial charge on any atom is 0.334 e. The van der Waals surface area contributed by atoms with Crippen molar-refractivity contribution < 1.29 is 28.2 Å². The average molecular weight is 394 g/mol. The van der Waals surface area contributed by atoms with E-state index in [9.17, 15) is 18.8 Å². The summed E-state index contributed by atoms with van der Waals surface area (Å²) in [6, 6.07) is 8.67. The molecule has 7 nitrogen and oxygen atoms in total. The van der Waals surface area contributed by atoms with Crippen LogP contribution in [-0.2, 0) is 25.5 Å². The van der Waals surface area contributed by atoms with E-state index in [1.54, 1.807) is 19.1 Å². The van der Waals surface area contributed by atoms with Crippen LogP contribution in [0.5, 0.6) is 0 Å². The van der Waals surface area contributed by atoms with Crippen molar-refractivity contribution in [3.63, 3.8) is 0 Å². The second-order valence-corrected chi connectivity index (χ2v) is 6.58. The molecule has 1 aliphatic rings. The zero-order valence-corrected chi connectivity index (χ0v) is 15.3. The highest BCUT2D eigenvalue weighted by atomic mass is 19.1. The molecule has 0 unspecified atom stereocenters. The van der Waals surface area contributed by atoms with Gasteiger partial charge in [-0.25, -0.2) is 19.0 Å². The Balaban J connectivity index is 1.87. The molecule has 8 heteroatoms. The van der Waals surface area contributed by atoms with E-state index >= 15 is 0 Å². The van der Waals surface area contributed by atoms with Crippen molar-refractivity contribution in [3.05, 3.63) is 77.6 Å². The molecular weight excluding hydrogens is 379 g/mol. The number of aryl methyl sites for hydroxylation is 1. The van der Waals surface area contributed by atoms with Crippen LogP contribution in [0, 0.1) is 12.7 Å². The molecule has 146 valence electrons. The molecule has 0 saturated carbocycles. The summed E-state index contributed by atoms with van der Waals surface area (Å²) in [5.74, 6) is -5.25. The molecule has 0 radical (unpaired) electrons. The molecule has 0 bridgehead atoms. The monoisotopic (exact) mass is 394 g/mol. The average Bonchev–Trinajstić information content (AvgIpc) is 3.02. The molecule has 0 spiro atoms. The Morgan fingerprint density at radius 3 is 2.52 bits per heavy atom. The van der Waals surface area contributed by atoms with E-state index in [-0.39, 0.29) is 12.0 Å². The van der Waals surface area contributed by atoms with Gasteiger partial charge in [-0.05, 0) is 29.8 Å². The summed E-state index contributed by atoms with van der Waals surface area (Å²) in [4.78, 5) is 44.8. The van der Waals surface area contributed by atoms with Gasteiger partial charge in [-0.1, -0.05) is 24.3 Å². The summed E-state index contributed by atoms with van der Waals surface area (Å²) < 4.78 is 24.3. The van der Waals surface area contributed by atoms with Crippen LogP contribution in [0.3, 0.4) is 0 Å². The number of carbonyl (C=O) groups excluding carboxylic acids is 3. The summed E-state index contributed by atoms with van der Waals surface area (Å²) in [7, 11) is 0. The second kappa shape index (κ2) is 6.97. The lowest BCUT2D eigenvalue weighted by atomic mass is 9.93. The second-order valence-electron chi connectivity index (χ2n) is 6.58. The minimum Gasteiger partial charge on any atom is -0.411 e. The van der Waals surface area contributed by atoms with Crippen molar-refractivity contribution in [2.24, 2.45) is 0 Å². The standard InChI is InChI=1S/C21H15FN2O5/c1-12-17(24-11-23-12)10-21(28-18(25)7-8-19(26)29-21)20(27)16-4-2-3-13-9-14(22)5-6-15(13)16/h2-9,11H,10H2,1H3,(H,23,24). The number of nitrogens with one attached hydrogen (secondary N) is 1. The van der Waals surface area contributed by atoms with Gasteiger partial charge < -0.3 is 14.5 Å². The van der Waals surface area contributed by atoms with Crippen molar-refractivity contribution in [2.45, 2.75) is 19.1 Å². The van der Waals surface area contributed by atoms with Gasteiger partial charge >= 0.3 is 17.7 Å². The highest BCUT2D eigenvalue weighted by Gasteiger charge is 2.49. The molecule has 0 aliphatic carbocycles. The largest absolute Gasteiger partial charge is 0.411 e. The Labute approximate surface area is 164 Å². The van der Waals surface area contributed by atoms with E-state index in [0.29, 0.717) is 22.2 Å². The van der Waals surface area contributed by atoms with Gasteiger partial charge in [-0.2, -0.15) is 0 Å². The van der Waals surface area contributed by atoms with Crippen LogP contribution in [0.1, 0.15) is 21.7 Å². The molecule has 2 aromatic carbocycles.